The van der Waals surface area contributed by atoms with E-state index in [1.54, 1.807) is 0 Å². The van der Waals surface area contributed by atoms with Gasteiger partial charge in [0.05, 0.1) is 11.7 Å². The van der Waals surface area contributed by atoms with Gasteiger partial charge in [-0.05, 0) is 58.3 Å². The zero-order valence-electron chi connectivity index (χ0n) is 16.4. The predicted molar refractivity (Wildman–Crippen MR) is 108 cm³/mol. The van der Waals surface area contributed by atoms with Gasteiger partial charge in [0.25, 0.3) is 0 Å². The maximum Gasteiger partial charge on any atom is 0.161 e. The molecule has 0 amide bonds. The van der Waals surface area contributed by atoms with E-state index >= 15 is 0 Å². The number of pyridine rings is 1. The summed E-state index contributed by atoms with van der Waals surface area (Å²) in [5.74, 6) is 1.78. The quantitative estimate of drug-likeness (QED) is 0.753. The van der Waals surface area contributed by atoms with Crippen molar-refractivity contribution < 1.29 is 4.74 Å². The van der Waals surface area contributed by atoms with Gasteiger partial charge in [-0.1, -0.05) is 24.3 Å². The highest BCUT2D eigenvalue weighted by molar-refractivity contribution is 6.00. The average molecular weight is 375 g/mol. The molecular formula is C22H25N5O. The van der Waals surface area contributed by atoms with Crippen LogP contribution >= 0.6 is 0 Å². The first-order valence-corrected chi connectivity index (χ1v) is 9.96. The number of nitrogens with one attached hydrogen (secondary N) is 1. The van der Waals surface area contributed by atoms with Crippen molar-refractivity contribution in [3.05, 3.63) is 59.5 Å². The summed E-state index contributed by atoms with van der Waals surface area (Å²) < 4.78 is 8.48. The number of fused-ring (bicyclic) bond motifs is 2. The van der Waals surface area contributed by atoms with Crippen LogP contribution in [0.15, 0.2) is 42.6 Å². The van der Waals surface area contributed by atoms with Crippen LogP contribution in [0.1, 0.15) is 55.7 Å². The molecule has 6 heteroatoms. The van der Waals surface area contributed by atoms with Gasteiger partial charge in [-0.2, -0.15) is 0 Å². The number of hydrogen-bond acceptors (Lipinski definition) is 5. The van der Waals surface area contributed by atoms with E-state index in [1.165, 1.54) is 6.42 Å². The molecule has 1 aromatic carbocycles. The Balaban J connectivity index is 1.50. The van der Waals surface area contributed by atoms with Crippen LogP contribution in [-0.2, 0) is 5.54 Å². The van der Waals surface area contributed by atoms with Crippen LogP contribution in [0.4, 0.5) is 0 Å². The molecule has 1 aliphatic carbocycles. The van der Waals surface area contributed by atoms with Gasteiger partial charge < -0.3 is 10.1 Å². The second kappa shape index (κ2) is 6.41. The number of aromatic nitrogens is 3. The van der Waals surface area contributed by atoms with Crippen molar-refractivity contribution >= 4 is 11.4 Å². The van der Waals surface area contributed by atoms with Crippen LogP contribution in [0.2, 0.25) is 0 Å². The normalized spacial score (nSPS) is 25.2. The maximum absolute atomic E-state index is 8.21. The highest BCUT2D eigenvalue weighted by Crippen LogP contribution is 2.37. The fraction of sp³-hybridized carbons (Fsp3) is 0.409. The predicted octanol–water partition coefficient (Wildman–Crippen LogP) is 3.95. The van der Waals surface area contributed by atoms with Crippen molar-refractivity contribution in [1.29, 1.82) is 5.41 Å². The molecule has 3 aromatic rings. The van der Waals surface area contributed by atoms with Crippen molar-refractivity contribution in [2.24, 2.45) is 0 Å². The lowest BCUT2D eigenvalue weighted by Gasteiger charge is -2.30. The van der Waals surface area contributed by atoms with Crippen LogP contribution < -0.4 is 4.74 Å². The summed E-state index contributed by atoms with van der Waals surface area (Å²) in [4.78, 5) is 2.36. The Morgan fingerprint density at radius 1 is 1.18 bits per heavy atom. The molecule has 5 rings (SSSR count). The van der Waals surface area contributed by atoms with Crippen molar-refractivity contribution in [2.45, 2.75) is 44.2 Å². The first-order chi connectivity index (χ1) is 13.6. The van der Waals surface area contributed by atoms with Gasteiger partial charge in [0.15, 0.2) is 11.5 Å². The second-order valence-electron chi connectivity index (χ2n) is 8.13. The third-order valence-corrected chi connectivity index (χ3v) is 6.42. The number of hydrogen-bond donors (Lipinski definition) is 1. The molecule has 1 N–H and O–H groups in total. The Hall–Kier alpha value is -2.73. The number of ether oxygens (including phenoxy) is 1. The molecule has 1 aliphatic heterocycles. The fourth-order valence-corrected chi connectivity index (χ4v) is 4.59. The molecule has 1 fully saturated rings. The topological polar surface area (TPSA) is 66.5 Å². The van der Waals surface area contributed by atoms with Gasteiger partial charge in [0.1, 0.15) is 11.9 Å². The first-order valence-electron chi connectivity index (χ1n) is 9.96. The van der Waals surface area contributed by atoms with Gasteiger partial charge in [-0.15, -0.1) is 10.2 Å². The number of rotatable bonds is 3. The van der Waals surface area contributed by atoms with Crippen molar-refractivity contribution in [3.63, 3.8) is 0 Å². The minimum absolute atomic E-state index is 0.0348. The standard InChI is InChI=1S/C22H25N5O/c1-22(12-5-13-26(22)2)21-25-24-20-11-8-15(14-27(20)21)28-19-10-9-18(23)16-6-3-4-7-17(16)19/h3-4,6-8,11,14,19,23H,5,9-10,12-13H2,1-2H3/t19-,22-/m1/s1. The number of nitrogens with zero attached hydrogens (tertiary/aromatic N) is 4. The fourth-order valence-electron chi connectivity index (χ4n) is 4.59. The van der Waals surface area contributed by atoms with Crippen molar-refractivity contribution in [1.82, 2.24) is 19.5 Å². The second-order valence-corrected chi connectivity index (χ2v) is 8.13. The molecule has 28 heavy (non-hydrogen) atoms. The molecule has 2 atom stereocenters. The summed E-state index contributed by atoms with van der Waals surface area (Å²) in [6.07, 6.45) is 5.79. The van der Waals surface area contributed by atoms with Crippen LogP contribution in [-0.4, -0.2) is 38.8 Å². The Morgan fingerprint density at radius 2 is 2.04 bits per heavy atom. The monoisotopic (exact) mass is 375 g/mol. The molecule has 2 aromatic heterocycles. The molecule has 0 radical (unpaired) electrons. The summed E-state index contributed by atoms with van der Waals surface area (Å²) >= 11 is 0. The molecule has 0 unspecified atom stereocenters. The summed E-state index contributed by atoms with van der Waals surface area (Å²) in [5, 5.41) is 17.1. The lowest BCUT2D eigenvalue weighted by atomic mass is 9.88. The van der Waals surface area contributed by atoms with Gasteiger partial charge in [-0.25, -0.2) is 0 Å². The average Bonchev–Trinajstić information content (AvgIpc) is 3.28. The van der Waals surface area contributed by atoms with Crippen LogP contribution in [0.5, 0.6) is 5.75 Å². The molecule has 6 nitrogen and oxygen atoms in total. The molecule has 1 saturated heterocycles. The zero-order valence-corrected chi connectivity index (χ0v) is 16.4. The van der Waals surface area contributed by atoms with E-state index in [0.29, 0.717) is 5.71 Å². The largest absolute Gasteiger partial charge is 0.484 e. The van der Waals surface area contributed by atoms with E-state index in [0.717, 1.165) is 54.2 Å². The van der Waals surface area contributed by atoms with Crippen molar-refractivity contribution in [3.8, 4) is 5.75 Å². The summed E-state index contributed by atoms with van der Waals surface area (Å²) in [5.41, 5.74) is 3.54. The molecule has 0 spiro atoms. The van der Waals surface area contributed by atoms with E-state index in [2.05, 4.69) is 39.5 Å². The third-order valence-electron chi connectivity index (χ3n) is 6.42. The molecule has 0 saturated carbocycles. The van der Waals surface area contributed by atoms with Crippen LogP contribution in [0.3, 0.4) is 0 Å². The Kier molecular flexibility index (Phi) is 3.98. The van der Waals surface area contributed by atoms with Gasteiger partial charge in [0.2, 0.25) is 0 Å². The highest BCUT2D eigenvalue weighted by atomic mass is 16.5. The molecule has 2 aliphatic rings. The minimum Gasteiger partial charge on any atom is -0.484 e. The van der Waals surface area contributed by atoms with E-state index in [9.17, 15) is 0 Å². The Labute approximate surface area is 164 Å². The van der Waals surface area contributed by atoms with Crippen molar-refractivity contribution in [2.75, 3.05) is 13.6 Å². The number of benzene rings is 1. The van der Waals surface area contributed by atoms with E-state index in [1.807, 2.05) is 36.5 Å². The molecular weight excluding hydrogens is 350 g/mol. The Morgan fingerprint density at radius 3 is 2.86 bits per heavy atom. The van der Waals surface area contributed by atoms with Crippen LogP contribution in [0.25, 0.3) is 5.65 Å². The zero-order chi connectivity index (χ0) is 19.3. The number of likely N-dealkylation sites (tertiary alicyclic amines) is 1. The third kappa shape index (κ3) is 2.63. The SMILES string of the molecule is CN1CCC[C@]1(C)c1nnc2ccc(O[C@@H]3CCC(=N)c4ccccc43)cn12. The molecule has 3 heterocycles. The summed E-state index contributed by atoms with van der Waals surface area (Å²) in [6, 6.07) is 12.0. The van der Waals surface area contributed by atoms with E-state index in [4.69, 9.17) is 10.1 Å². The van der Waals surface area contributed by atoms with Crippen LogP contribution in [0, 0.1) is 5.41 Å². The lowest BCUT2D eigenvalue weighted by molar-refractivity contribution is 0.182. The lowest BCUT2D eigenvalue weighted by Crippen LogP contribution is -2.37. The van der Waals surface area contributed by atoms with E-state index in [-0.39, 0.29) is 11.6 Å². The smallest absolute Gasteiger partial charge is 0.161 e. The minimum atomic E-state index is -0.107. The highest BCUT2D eigenvalue weighted by Gasteiger charge is 2.39. The van der Waals surface area contributed by atoms with Gasteiger partial charge in [0, 0.05) is 16.8 Å². The molecule has 144 valence electrons. The molecule has 0 bridgehead atoms. The first kappa shape index (κ1) is 17.4. The van der Waals surface area contributed by atoms with E-state index < -0.39 is 0 Å². The summed E-state index contributed by atoms with van der Waals surface area (Å²) in [6.45, 7) is 3.32. The summed E-state index contributed by atoms with van der Waals surface area (Å²) in [7, 11) is 2.16. The maximum atomic E-state index is 8.21. The Bertz CT molecular complexity index is 1060. The van der Waals surface area contributed by atoms with Gasteiger partial charge in [-0.3, -0.25) is 9.30 Å². The van der Waals surface area contributed by atoms with Gasteiger partial charge >= 0.3 is 0 Å².